The van der Waals surface area contributed by atoms with Crippen molar-refractivity contribution < 1.29 is 18.1 Å². The van der Waals surface area contributed by atoms with Gasteiger partial charge in [-0.1, -0.05) is 6.07 Å². The molecule has 1 N–H and O–H groups in total. The van der Waals surface area contributed by atoms with E-state index in [1.54, 1.807) is 6.92 Å². The highest BCUT2D eigenvalue weighted by molar-refractivity contribution is 7.89. The summed E-state index contributed by atoms with van der Waals surface area (Å²) in [5, 5.41) is 10.8. The Bertz CT molecular complexity index is 608. The molecule has 0 unspecified atom stereocenters. The number of nitro groups is 1. The van der Waals surface area contributed by atoms with E-state index >= 15 is 0 Å². The lowest BCUT2D eigenvalue weighted by Crippen LogP contribution is -2.31. The summed E-state index contributed by atoms with van der Waals surface area (Å²) < 4.78 is 31.9. The lowest BCUT2D eigenvalue weighted by molar-refractivity contribution is -0.385. The number of nitro benzene ring substituents is 1. The van der Waals surface area contributed by atoms with Crippen LogP contribution < -0.4 is 4.72 Å². The molecule has 0 spiro atoms. The fourth-order valence-electron chi connectivity index (χ4n) is 2.04. The minimum atomic E-state index is -3.75. The van der Waals surface area contributed by atoms with Crippen molar-refractivity contribution in [2.24, 2.45) is 0 Å². The van der Waals surface area contributed by atoms with Crippen LogP contribution in [0.25, 0.3) is 0 Å². The maximum Gasteiger partial charge on any atom is 0.273 e. The molecular weight excluding hydrogens is 284 g/mol. The molecule has 0 saturated carbocycles. The summed E-state index contributed by atoms with van der Waals surface area (Å²) >= 11 is 0. The maximum absolute atomic E-state index is 12.1. The van der Waals surface area contributed by atoms with Crippen LogP contribution in [0.4, 0.5) is 5.69 Å². The summed E-state index contributed by atoms with van der Waals surface area (Å²) in [6.45, 7) is 2.39. The molecule has 0 radical (unpaired) electrons. The normalized spacial score (nSPS) is 19.1. The Morgan fingerprint density at radius 1 is 1.50 bits per heavy atom. The zero-order valence-corrected chi connectivity index (χ0v) is 11.9. The van der Waals surface area contributed by atoms with Crippen molar-refractivity contribution in [1.82, 2.24) is 4.72 Å². The van der Waals surface area contributed by atoms with E-state index in [-0.39, 0.29) is 23.2 Å². The van der Waals surface area contributed by atoms with E-state index in [2.05, 4.69) is 4.72 Å². The Morgan fingerprint density at radius 2 is 2.25 bits per heavy atom. The molecule has 1 aliphatic heterocycles. The fraction of sp³-hybridized carbons (Fsp3) is 0.500. The van der Waals surface area contributed by atoms with Crippen molar-refractivity contribution in [3.05, 3.63) is 33.9 Å². The van der Waals surface area contributed by atoms with Gasteiger partial charge in [0.2, 0.25) is 10.0 Å². The van der Waals surface area contributed by atoms with E-state index in [0.717, 1.165) is 18.9 Å². The number of benzene rings is 1. The Morgan fingerprint density at radius 3 is 2.85 bits per heavy atom. The summed E-state index contributed by atoms with van der Waals surface area (Å²) in [4.78, 5) is 10.1. The number of nitrogens with one attached hydrogen (secondary N) is 1. The van der Waals surface area contributed by atoms with E-state index in [1.807, 2.05) is 0 Å². The number of aryl methyl sites for hydroxylation is 1. The third-order valence-electron chi connectivity index (χ3n) is 3.21. The first-order valence-electron chi connectivity index (χ1n) is 6.26. The third-order valence-corrected chi connectivity index (χ3v) is 4.63. The third kappa shape index (κ3) is 3.33. The smallest absolute Gasteiger partial charge is 0.273 e. The van der Waals surface area contributed by atoms with Gasteiger partial charge in [0.05, 0.1) is 15.9 Å². The van der Waals surface area contributed by atoms with Crippen LogP contribution in [0.2, 0.25) is 0 Å². The van der Waals surface area contributed by atoms with Crippen LogP contribution in [0, 0.1) is 17.0 Å². The highest BCUT2D eigenvalue weighted by atomic mass is 32.2. The first-order valence-corrected chi connectivity index (χ1v) is 7.75. The molecule has 1 fully saturated rings. The van der Waals surface area contributed by atoms with Crippen LogP contribution in [0.1, 0.15) is 18.4 Å². The quantitative estimate of drug-likeness (QED) is 0.654. The Balaban J connectivity index is 2.16. The topological polar surface area (TPSA) is 98.5 Å². The zero-order chi connectivity index (χ0) is 14.8. The standard InChI is InChI=1S/C12H16N2O5S/c1-9-4-5-11(7-12(9)14(15)16)20(17,18)13-8-10-3-2-6-19-10/h4-5,7,10,13H,2-3,6,8H2,1H3/t10-/m0/s1. The largest absolute Gasteiger partial charge is 0.377 e. The molecule has 1 aromatic carbocycles. The molecule has 20 heavy (non-hydrogen) atoms. The van der Waals surface area contributed by atoms with Crippen molar-refractivity contribution in [3.63, 3.8) is 0 Å². The van der Waals surface area contributed by atoms with Gasteiger partial charge in [-0.25, -0.2) is 13.1 Å². The van der Waals surface area contributed by atoms with Gasteiger partial charge in [-0.3, -0.25) is 10.1 Å². The van der Waals surface area contributed by atoms with Crippen LogP contribution in [0.15, 0.2) is 23.1 Å². The Kier molecular flexibility index (Phi) is 4.36. The average Bonchev–Trinajstić information content (AvgIpc) is 2.89. The van der Waals surface area contributed by atoms with Crippen LogP contribution in [-0.4, -0.2) is 32.6 Å². The van der Waals surface area contributed by atoms with Gasteiger partial charge in [-0.05, 0) is 25.8 Å². The second-order valence-electron chi connectivity index (χ2n) is 4.69. The minimum Gasteiger partial charge on any atom is -0.377 e. The van der Waals surface area contributed by atoms with Crippen molar-refractivity contribution in [1.29, 1.82) is 0 Å². The van der Waals surface area contributed by atoms with Crippen molar-refractivity contribution >= 4 is 15.7 Å². The fourth-order valence-corrected chi connectivity index (χ4v) is 3.13. The second kappa shape index (κ2) is 5.86. The molecule has 0 aromatic heterocycles. The first kappa shape index (κ1) is 14.9. The molecule has 2 rings (SSSR count). The minimum absolute atomic E-state index is 0.104. The van der Waals surface area contributed by atoms with Gasteiger partial charge < -0.3 is 4.74 Å². The second-order valence-corrected chi connectivity index (χ2v) is 6.46. The summed E-state index contributed by atoms with van der Waals surface area (Å²) in [7, 11) is -3.75. The average molecular weight is 300 g/mol. The van der Waals surface area contributed by atoms with Gasteiger partial charge in [-0.15, -0.1) is 0 Å². The predicted molar refractivity (Wildman–Crippen MR) is 72.0 cm³/mol. The molecule has 0 amide bonds. The Hall–Kier alpha value is -1.51. The molecule has 0 bridgehead atoms. The lowest BCUT2D eigenvalue weighted by atomic mass is 10.2. The van der Waals surface area contributed by atoms with E-state index in [9.17, 15) is 18.5 Å². The molecule has 1 aliphatic rings. The maximum atomic E-state index is 12.1. The summed E-state index contributed by atoms with van der Waals surface area (Å²) in [5.41, 5.74) is 0.220. The molecular formula is C12H16N2O5S. The number of hydrogen-bond acceptors (Lipinski definition) is 5. The van der Waals surface area contributed by atoms with E-state index < -0.39 is 14.9 Å². The number of rotatable bonds is 5. The lowest BCUT2D eigenvalue weighted by Gasteiger charge is -2.11. The first-order chi connectivity index (χ1) is 9.40. The molecule has 110 valence electrons. The molecule has 1 heterocycles. The van der Waals surface area contributed by atoms with Gasteiger partial charge >= 0.3 is 0 Å². The molecule has 1 atom stereocenters. The van der Waals surface area contributed by atoms with Crippen molar-refractivity contribution in [2.45, 2.75) is 30.8 Å². The van der Waals surface area contributed by atoms with Gasteiger partial charge in [0.15, 0.2) is 0 Å². The molecule has 7 nitrogen and oxygen atoms in total. The Labute approximate surface area is 117 Å². The zero-order valence-electron chi connectivity index (χ0n) is 11.0. The molecule has 1 aromatic rings. The van der Waals surface area contributed by atoms with Crippen molar-refractivity contribution in [3.8, 4) is 0 Å². The summed E-state index contributed by atoms with van der Waals surface area (Å²) in [5.74, 6) is 0. The van der Waals surface area contributed by atoms with Crippen LogP contribution in [0.3, 0.4) is 0 Å². The molecule has 1 saturated heterocycles. The number of sulfonamides is 1. The van der Waals surface area contributed by atoms with Gasteiger partial charge in [0.25, 0.3) is 5.69 Å². The van der Waals surface area contributed by atoms with E-state index in [0.29, 0.717) is 12.2 Å². The van der Waals surface area contributed by atoms with Gasteiger partial charge in [0.1, 0.15) is 0 Å². The molecule has 0 aliphatic carbocycles. The SMILES string of the molecule is Cc1ccc(S(=O)(=O)NC[C@@H]2CCCO2)cc1[N+](=O)[O-]. The van der Waals surface area contributed by atoms with E-state index in [4.69, 9.17) is 4.74 Å². The summed E-state index contributed by atoms with van der Waals surface area (Å²) in [6.07, 6.45) is 1.61. The number of nitrogens with zero attached hydrogens (tertiary/aromatic N) is 1. The van der Waals surface area contributed by atoms with Crippen molar-refractivity contribution in [2.75, 3.05) is 13.2 Å². The van der Waals surface area contributed by atoms with E-state index in [1.165, 1.54) is 12.1 Å². The number of ether oxygens (including phenoxy) is 1. The van der Waals surface area contributed by atoms with Gasteiger partial charge in [0, 0.05) is 24.8 Å². The van der Waals surface area contributed by atoms with Crippen LogP contribution >= 0.6 is 0 Å². The van der Waals surface area contributed by atoms with Crippen LogP contribution in [-0.2, 0) is 14.8 Å². The summed E-state index contributed by atoms with van der Waals surface area (Å²) in [6, 6.07) is 3.87. The molecule has 8 heteroatoms. The number of hydrogen-bond donors (Lipinski definition) is 1. The monoisotopic (exact) mass is 300 g/mol. The van der Waals surface area contributed by atoms with Gasteiger partial charge in [-0.2, -0.15) is 0 Å². The highest BCUT2D eigenvalue weighted by Gasteiger charge is 2.22. The predicted octanol–water partition coefficient (Wildman–Crippen LogP) is 1.36. The van der Waals surface area contributed by atoms with Crippen LogP contribution in [0.5, 0.6) is 0 Å². The highest BCUT2D eigenvalue weighted by Crippen LogP contribution is 2.22.